The molecule has 2 aromatic carbocycles. The van der Waals surface area contributed by atoms with Crippen molar-refractivity contribution in [3.63, 3.8) is 0 Å². The minimum absolute atomic E-state index is 0.0253. The van der Waals surface area contributed by atoms with Crippen molar-refractivity contribution >= 4 is 17.5 Å². The highest BCUT2D eigenvalue weighted by molar-refractivity contribution is 5.98. The molecule has 7 heteroatoms. The van der Waals surface area contributed by atoms with E-state index in [1.165, 1.54) is 0 Å². The molecule has 1 saturated carbocycles. The molecular formula is C24H25N5O2. The largest absolute Gasteiger partial charge is 0.327 e. The highest BCUT2D eigenvalue weighted by Gasteiger charge is 2.33. The average Bonchev–Trinajstić information content (AvgIpc) is 3.53. The van der Waals surface area contributed by atoms with Crippen LogP contribution in [0.5, 0.6) is 0 Å². The third-order valence-electron chi connectivity index (χ3n) is 5.89. The van der Waals surface area contributed by atoms with Crippen molar-refractivity contribution in [1.29, 1.82) is 0 Å². The standard InChI is InChI=1S/C24H25N5O2/c30-20-11-4-5-14-29(20)21(16-7-2-1-3-8-16)24(31)25-19-10-6-9-18(15-19)23-26-22(27-28-23)17-12-13-17/h1-3,6-10,15,17,21H,4-5,11-14H2,(H,25,31)(H,26,27,28)/t21-/m0/s1. The van der Waals surface area contributed by atoms with Crippen LogP contribution in [0, 0.1) is 0 Å². The summed E-state index contributed by atoms with van der Waals surface area (Å²) >= 11 is 0. The zero-order valence-electron chi connectivity index (χ0n) is 17.3. The number of aromatic nitrogens is 3. The number of rotatable bonds is 6. The van der Waals surface area contributed by atoms with Crippen molar-refractivity contribution in [3.8, 4) is 11.4 Å². The number of hydrogen-bond acceptors (Lipinski definition) is 4. The van der Waals surface area contributed by atoms with Gasteiger partial charge in [-0.3, -0.25) is 14.7 Å². The first-order valence-corrected chi connectivity index (χ1v) is 10.9. The fourth-order valence-corrected chi connectivity index (χ4v) is 4.10. The molecule has 2 heterocycles. The van der Waals surface area contributed by atoms with Crippen molar-refractivity contribution in [2.75, 3.05) is 11.9 Å². The minimum Gasteiger partial charge on any atom is -0.327 e. The second-order valence-corrected chi connectivity index (χ2v) is 8.25. The van der Waals surface area contributed by atoms with Crippen LogP contribution in [0.3, 0.4) is 0 Å². The van der Waals surface area contributed by atoms with Crippen LogP contribution in [0.1, 0.15) is 55.5 Å². The molecule has 2 aliphatic rings. The molecule has 31 heavy (non-hydrogen) atoms. The summed E-state index contributed by atoms with van der Waals surface area (Å²) in [4.78, 5) is 32.3. The molecule has 1 saturated heterocycles. The van der Waals surface area contributed by atoms with Gasteiger partial charge >= 0.3 is 0 Å². The third kappa shape index (κ3) is 4.21. The number of likely N-dealkylation sites (tertiary alicyclic amines) is 1. The van der Waals surface area contributed by atoms with E-state index in [0.717, 1.165) is 42.6 Å². The Morgan fingerprint density at radius 1 is 1.10 bits per heavy atom. The average molecular weight is 415 g/mol. The van der Waals surface area contributed by atoms with Gasteiger partial charge < -0.3 is 10.2 Å². The van der Waals surface area contributed by atoms with E-state index in [-0.39, 0.29) is 11.8 Å². The molecule has 1 aliphatic heterocycles. The SMILES string of the molecule is O=C(Nc1cccc(-c2n[nH]c(C3CC3)n2)c1)[C@H](c1ccccc1)N1CCCCC1=O. The number of hydrogen-bond donors (Lipinski definition) is 2. The topological polar surface area (TPSA) is 91.0 Å². The van der Waals surface area contributed by atoms with Crippen LogP contribution >= 0.6 is 0 Å². The highest BCUT2D eigenvalue weighted by atomic mass is 16.2. The molecule has 0 radical (unpaired) electrons. The van der Waals surface area contributed by atoms with Crippen LogP contribution in [0.15, 0.2) is 54.6 Å². The van der Waals surface area contributed by atoms with Gasteiger partial charge in [0.05, 0.1) is 0 Å². The first-order valence-electron chi connectivity index (χ1n) is 10.9. The summed E-state index contributed by atoms with van der Waals surface area (Å²) in [6.07, 6.45) is 4.58. The van der Waals surface area contributed by atoms with Gasteiger partial charge in [-0.05, 0) is 43.4 Å². The summed E-state index contributed by atoms with van der Waals surface area (Å²) in [6.45, 7) is 0.590. The number of benzene rings is 2. The van der Waals surface area contributed by atoms with Crippen molar-refractivity contribution in [2.45, 2.75) is 44.1 Å². The van der Waals surface area contributed by atoms with Gasteiger partial charge in [0.25, 0.3) is 5.91 Å². The molecule has 5 rings (SSSR count). The summed E-state index contributed by atoms with van der Waals surface area (Å²) in [5, 5.41) is 10.4. The molecule has 2 N–H and O–H groups in total. The number of aromatic amines is 1. The molecule has 7 nitrogen and oxygen atoms in total. The van der Waals surface area contributed by atoms with Crippen LogP contribution in [0.2, 0.25) is 0 Å². The van der Waals surface area contributed by atoms with Crippen LogP contribution in [0.25, 0.3) is 11.4 Å². The lowest BCUT2D eigenvalue weighted by Crippen LogP contribution is -2.43. The van der Waals surface area contributed by atoms with E-state index in [1.807, 2.05) is 54.6 Å². The van der Waals surface area contributed by atoms with Gasteiger partial charge in [-0.25, -0.2) is 4.98 Å². The Hall–Kier alpha value is -3.48. The van der Waals surface area contributed by atoms with Gasteiger partial charge in [-0.2, -0.15) is 5.10 Å². The maximum Gasteiger partial charge on any atom is 0.251 e. The highest BCUT2D eigenvalue weighted by Crippen LogP contribution is 2.38. The normalized spacial score (nSPS) is 17.4. The van der Waals surface area contributed by atoms with Gasteiger partial charge in [-0.15, -0.1) is 0 Å². The van der Waals surface area contributed by atoms with Crippen LogP contribution < -0.4 is 5.32 Å². The zero-order valence-corrected chi connectivity index (χ0v) is 17.3. The summed E-state index contributed by atoms with van der Waals surface area (Å²) < 4.78 is 0. The van der Waals surface area contributed by atoms with Crippen molar-refractivity contribution < 1.29 is 9.59 Å². The van der Waals surface area contributed by atoms with E-state index in [4.69, 9.17) is 0 Å². The smallest absolute Gasteiger partial charge is 0.251 e. The number of anilines is 1. The molecule has 1 aromatic heterocycles. The molecule has 1 atom stereocenters. The first kappa shape index (κ1) is 19.5. The number of piperidine rings is 1. The van der Waals surface area contributed by atoms with E-state index in [9.17, 15) is 9.59 Å². The number of carbonyl (C=O) groups is 2. The first-order chi connectivity index (χ1) is 15.2. The van der Waals surface area contributed by atoms with Gasteiger partial charge in [0.1, 0.15) is 11.9 Å². The molecule has 2 amide bonds. The minimum atomic E-state index is -0.650. The molecule has 3 aromatic rings. The monoisotopic (exact) mass is 415 g/mol. The second kappa shape index (κ2) is 8.34. The molecule has 0 unspecified atom stereocenters. The summed E-state index contributed by atoms with van der Waals surface area (Å²) in [5.74, 6) is 1.86. The molecule has 0 bridgehead atoms. The lowest BCUT2D eigenvalue weighted by Gasteiger charge is -2.34. The molecule has 158 valence electrons. The van der Waals surface area contributed by atoms with Crippen LogP contribution in [-0.2, 0) is 9.59 Å². The Morgan fingerprint density at radius 3 is 2.71 bits per heavy atom. The number of nitrogens with one attached hydrogen (secondary N) is 2. The second-order valence-electron chi connectivity index (χ2n) is 8.25. The van der Waals surface area contributed by atoms with Crippen molar-refractivity contribution in [2.24, 2.45) is 0 Å². The number of nitrogens with zero attached hydrogens (tertiary/aromatic N) is 3. The van der Waals surface area contributed by atoms with Gasteiger partial charge in [0.15, 0.2) is 5.82 Å². The van der Waals surface area contributed by atoms with Crippen LogP contribution in [-0.4, -0.2) is 38.4 Å². The Kier molecular flexibility index (Phi) is 5.24. The Balaban J connectivity index is 1.39. The Morgan fingerprint density at radius 2 is 1.94 bits per heavy atom. The molecular weight excluding hydrogens is 390 g/mol. The maximum atomic E-state index is 13.4. The van der Waals surface area contributed by atoms with E-state index in [1.54, 1.807) is 4.90 Å². The summed E-state index contributed by atoms with van der Waals surface area (Å²) in [6, 6.07) is 16.4. The molecule has 1 aliphatic carbocycles. The van der Waals surface area contributed by atoms with Crippen molar-refractivity contribution in [3.05, 3.63) is 66.0 Å². The fraction of sp³-hybridized carbons (Fsp3) is 0.333. The Labute approximate surface area is 180 Å². The van der Waals surface area contributed by atoms with Gasteiger partial charge in [0, 0.05) is 30.1 Å². The summed E-state index contributed by atoms with van der Waals surface area (Å²) in [5.41, 5.74) is 2.31. The quantitative estimate of drug-likeness (QED) is 0.636. The fourth-order valence-electron chi connectivity index (χ4n) is 4.10. The van der Waals surface area contributed by atoms with E-state index in [0.29, 0.717) is 30.4 Å². The lowest BCUT2D eigenvalue weighted by atomic mass is 10.0. The van der Waals surface area contributed by atoms with E-state index < -0.39 is 6.04 Å². The number of carbonyl (C=O) groups excluding carboxylic acids is 2. The van der Waals surface area contributed by atoms with Crippen molar-refractivity contribution in [1.82, 2.24) is 20.1 Å². The zero-order chi connectivity index (χ0) is 21.2. The van der Waals surface area contributed by atoms with E-state index in [2.05, 4.69) is 20.5 Å². The number of H-pyrrole nitrogens is 1. The molecule has 0 spiro atoms. The van der Waals surface area contributed by atoms with E-state index >= 15 is 0 Å². The van der Waals surface area contributed by atoms with Gasteiger partial charge in [-0.1, -0.05) is 42.5 Å². The maximum absolute atomic E-state index is 13.4. The third-order valence-corrected chi connectivity index (χ3v) is 5.89. The molecule has 2 fully saturated rings. The Bertz CT molecular complexity index is 1090. The lowest BCUT2D eigenvalue weighted by molar-refractivity contribution is -0.141. The number of amides is 2. The van der Waals surface area contributed by atoms with Crippen LogP contribution in [0.4, 0.5) is 5.69 Å². The van der Waals surface area contributed by atoms with Gasteiger partial charge in [0.2, 0.25) is 5.91 Å². The predicted octanol–water partition coefficient (Wildman–Crippen LogP) is 4.04. The predicted molar refractivity (Wildman–Crippen MR) is 117 cm³/mol. The summed E-state index contributed by atoms with van der Waals surface area (Å²) in [7, 11) is 0.